The molecule has 0 aliphatic rings. The summed E-state index contributed by atoms with van der Waals surface area (Å²) in [6.07, 6.45) is 10.0. The van der Waals surface area contributed by atoms with Crippen LogP contribution in [0.4, 0.5) is 0 Å². The molecular weight excluding hydrogens is 482 g/mol. The van der Waals surface area contributed by atoms with Gasteiger partial charge in [0.15, 0.2) is 6.10 Å². The number of esters is 2. The van der Waals surface area contributed by atoms with Crippen molar-refractivity contribution in [1.82, 2.24) is 0 Å². The fourth-order valence-corrected chi connectivity index (χ4v) is 3.53. The third kappa shape index (κ3) is 18.5. The molecule has 9 heteroatoms. The van der Waals surface area contributed by atoms with E-state index in [9.17, 15) is 30.0 Å². The molecule has 0 aliphatic heterocycles. The van der Waals surface area contributed by atoms with Gasteiger partial charge in [0.05, 0.1) is 6.61 Å². The average molecular weight is 528 g/mol. The molecule has 192 valence electrons. The standard InChI is InChI=1S/C24H46O8.Zn/c1-2-3-4-5-6-7-8-9-10-11-12-13-14-15-16-17-20(27)32-24(31)23(30)22(29)21(28)19(26)18-25;/h19,21-23,25-26,28-30H,2-18H2,1H3;. The van der Waals surface area contributed by atoms with Crippen molar-refractivity contribution in [2.24, 2.45) is 0 Å². The van der Waals surface area contributed by atoms with Crippen LogP contribution < -0.4 is 0 Å². The van der Waals surface area contributed by atoms with Crippen molar-refractivity contribution in [3.8, 4) is 0 Å². The Morgan fingerprint density at radius 2 is 1.06 bits per heavy atom. The number of aliphatic hydroxyl groups excluding tert-OH is 5. The summed E-state index contributed by atoms with van der Waals surface area (Å²) in [7, 11) is 0. The third-order valence-electron chi connectivity index (χ3n) is 5.70. The number of unbranched alkanes of at least 4 members (excludes halogenated alkanes) is 14. The number of aliphatic hydroxyl groups is 5. The SMILES string of the molecule is CCCCCCCCCCCCCCCCCC(=O)OC(=O)C(O)C(O)C(O)C(O)CO.[Zn]. The van der Waals surface area contributed by atoms with E-state index in [1.807, 2.05) is 0 Å². The third-order valence-corrected chi connectivity index (χ3v) is 5.70. The van der Waals surface area contributed by atoms with Crippen molar-refractivity contribution in [2.75, 3.05) is 6.61 Å². The summed E-state index contributed by atoms with van der Waals surface area (Å²) in [5.41, 5.74) is 0. The van der Waals surface area contributed by atoms with Crippen LogP contribution in [0, 0.1) is 0 Å². The molecule has 4 atom stereocenters. The molecule has 0 rings (SSSR count). The molecule has 0 fully saturated rings. The summed E-state index contributed by atoms with van der Waals surface area (Å²) in [5, 5.41) is 46.6. The molecular formula is C24H46O8Zn. The number of hydrogen-bond donors (Lipinski definition) is 5. The zero-order chi connectivity index (χ0) is 24.2. The monoisotopic (exact) mass is 526 g/mol. The van der Waals surface area contributed by atoms with Crippen LogP contribution in [0.5, 0.6) is 0 Å². The maximum Gasteiger partial charge on any atom is 0.345 e. The summed E-state index contributed by atoms with van der Waals surface area (Å²) < 4.78 is 4.47. The van der Waals surface area contributed by atoms with Crippen molar-refractivity contribution in [2.45, 2.75) is 134 Å². The Kier molecular flexibility index (Phi) is 24.5. The first kappa shape index (κ1) is 34.7. The molecule has 0 bridgehead atoms. The molecule has 0 aliphatic carbocycles. The smallest absolute Gasteiger partial charge is 0.345 e. The van der Waals surface area contributed by atoms with Gasteiger partial charge in [0.1, 0.15) is 18.3 Å². The maximum atomic E-state index is 11.7. The number of carbonyl (C=O) groups excluding carboxylic acids is 2. The quantitative estimate of drug-likeness (QED) is 0.0663. The van der Waals surface area contributed by atoms with Crippen LogP contribution in [0.2, 0.25) is 0 Å². The van der Waals surface area contributed by atoms with Gasteiger partial charge in [0.2, 0.25) is 0 Å². The van der Waals surface area contributed by atoms with E-state index >= 15 is 0 Å². The minimum absolute atomic E-state index is 0. The summed E-state index contributed by atoms with van der Waals surface area (Å²) in [4.78, 5) is 23.3. The van der Waals surface area contributed by atoms with E-state index in [4.69, 9.17) is 5.11 Å². The summed E-state index contributed by atoms with van der Waals surface area (Å²) >= 11 is 0. The second-order valence-corrected chi connectivity index (χ2v) is 8.67. The normalized spacial score (nSPS) is 14.7. The average Bonchev–Trinajstić information content (AvgIpc) is 2.79. The number of carbonyl (C=O) groups is 2. The fourth-order valence-electron chi connectivity index (χ4n) is 3.53. The number of hydrogen-bond acceptors (Lipinski definition) is 8. The molecule has 0 saturated heterocycles. The Morgan fingerprint density at radius 1 is 0.667 bits per heavy atom. The van der Waals surface area contributed by atoms with Crippen LogP contribution in [-0.2, 0) is 33.8 Å². The van der Waals surface area contributed by atoms with Gasteiger partial charge in [-0.1, -0.05) is 96.8 Å². The van der Waals surface area contributed by atoms with E-state index in [0.717, 1.165) is 19.3 Å². The van der Waals surface area contributed by atoms with Gasteiger partial charge in [-0.2, -0.15) is 0 Å². The fraction of sp³-hybridized carbons (Fsp3) is 0.917. The number of ether oxygens (including phenoxy) is 1. The van der Waals surface area contributed by atoms with Crippen LogP contribution in [0.3, 0.4) is 0 Å². The van der Waals surface area contributed by atoms with Crippen molar-refractivity contribution in [3.05, 3.63) is 0 Å². The molecule has 0 aromatic heterocycles. The molecule has 0 amide bonds. The van der Waals surface area contributed by atoms with E-state index in [-0.39, 0.29) is 25.9 Å². The topological polar surface area (TPSA) is 145 Å². The summed E-state index contributed by atoms with van der Waals surface area (Å²) in [6.45, 7) is 1.37. The predicted molar refractivity (Wildman–Crippen MR) is 122 cm³/mol. The zero-order valence-corrected chi connectivity index (χ0v) is 23.5. The van der Waals surface area contributed by atoms with Gasteiger partial charge in [-0.15, -0.1) is 0 Å². The second kappa shape index (κ2) is 23.3. The molecule has 4 unspecified atom stereocenters. The minimum atomic E-state index is -2.20. The van der Waals surface area contributed by atoms with Gasteiger partial charge in [-0.3, -0.25) is 4.79 Å². The van der Waals surface area contributed by atoms with Crippen LogP contribution in [0.25, 0.3) is 0 Å². The largest absolute Gasteiger partial charge is 0.394 e. The van der Waals surface area contributed by atoms with Crippen LogP contribution in [0.15, 0.2) is 0 Å². The Hall–Kier alpha value is -0.437. The Morgan fingerprint density at radius 3 is 1.45 bits per heavy atom. The molecule has 8 nitrogen and oxygen atoms in total. The van der Waals surface area contributed by atoms with Gasteiger partial charge in [0.25, 0.3) is 0 Å². The van der Waals surface area contributed by atoms with Gasteiger partial charge >= 0.3 is 11.9 Å². The minimum Gasteiger partial charge on any atom is -0.394 e. The summed E-state index contributed by atoms with van der Waals surface area (Å²) in [6, 6.07) is 0. The molecule has 0 saturated carbocycles. The van der Waals surface area contributed by atoms with Gasteiger partial charge < -0.3 is 30.3 Å². The first-order valence-electron chi connectivity index (χ1n) is 12.4. The Labute approximate surface area is 211 Å². The van der Waals surface area contributed by atoms with Crippen LogP contribution in [-0.4, -0.2) is 68.5 Å². The summed E-state index contributed by atoms with van der Waals surface area (Å²) in [5.74, 6) is -2.21. The molecule has 5 N–H and O–H groups in total. The predicted octanol–water partition coefficient (Wildman–Crippen LogP) is 2.75. The molecule has 33 heavy (non-hydrogen) atoms. The molecule has 0 spiro atoms. The van der Waals surface area contributed by atoms with E-state index < -0.39 is 43.0 Å². The van der Waals surface area contributed by atoms with Crippen LogP contribution >= 0.6 is 0 Å². The maximum absolute atomic E-state index is 11.7. The van der Waals surface area contributed by atoms with Crippen molar-refractivity contribution in [1.29, 1.82) is 0 Å². The van der Waals surface area contributed by atoms with Crippen molar-refractivity contribution >= 4 is 11.9 Å². The zero-order valence-electron chi connectivity index (χ0n) is 20.5. The van der Waals surface area contributed by atoms with E-state index in [1.54, 1.807) is 0 Å². The Bertz CT molecular complexity index is 477. The van der Waals surface area contributed by atoms with Gasteiger partial charge in [0, 0.05) is 25.9 Å². The van der Waals surface area contributed by atoms with Crippen molar-refractivity contribution in [3.63, 3.8) is 0 Å². The van der Waals surface area contributed by atoms with E-state index in [1.165, 1.54) is 70.6 Å². The Balaban J connectivity index is 0. The van der Waals surface area contributed by atoms with E-state index in [0.29, 0.717) is 6.42 Å². The molecule has 0 heterocycles. The van der Waals surface area contributed by atoms with E-state index in [2.05, 4.69) is 11.7 Å². The second-order valence-electron chi connectivity index (χ2n) is 8.67. The number of rotatable bonds is 21. The molecule has 0 aromatic rings. The van der Waals surface area contributed by atoms with Gasteiger partial charge in [-0.25, -0.2) is 4.79 Å². The van der Waals surface area contributed by atoms with Crippen molar-refractivity contribution < 1.29 is 59.3 Å². The molecule has 0 aromatic carbocycles. The molecule has 0 radical (unpaired) electrons. The first-order valence-corrected chi connectivity index (χ1v) is 12.4. The van der Waals surface area contributed by atoms with Crippen LogP contribution in [0.1, 0.15) is 110 Å². The van der Waals surface area contributed by atoms with Gasteiger partial charge in [-0.05, 0) is 6.42 Å². The first-order chi connectivity index (χ1) is 15.3.